The van der Waals surface area contributed by atoms with Gasteiger partial charge in [-0.2, -0.15) is 0 Å². The van der Waals surface area contributed by atoms with Crippen LogP contribution >= 0.6 is 22.9 Å². The van der Waals surface area contributed by atoms with Crippen LogP contribution in [0.4, 0.5) is 4.39 Å². The van der Waals surface area contributed by atoms with Gasteiger partial charge in [0.25, 0.3) is 5.19 Å². The van der Waals surface area contributed by atoms with Crippen LogP contribution in [0.5, 0.6) is 10.9 Å². The third-order valence-corrected chi connectivity index (χ3v) is 3.11. The van der Waals surface area contributed by atoms with Crippen molar-refractivity contribution in [2.24, 2.45) is 0 Å². The van der Waals surface area contributed by atoms with Crippen molar-refractivity contribution in [1.82, 2.24) is 10.2 Å². The summed E-state index contributed by atoms with van der Waals surface area (Å²) < 4.78 is 18.3. The third-order valence-electron chi connectivity index (χ3n) is 1.90. The highest BCUT2D eigenvalue weighted by atomic mass is 35.5. The molecule has 0 aliphatic carbocycles. The van der Waals surface area contributed by atoms with Gasteiger partial charge >= 0.3 is 0 Å². The average molecular weight is 259 g/mol. The Morgan fingerprint density at radius 2 is 2.25 bits per heavy atom. The lowest BCUT2D eigenvalue weighted by Gasteiger charge is -2.04. The van der Waals surface area contributed by atoms with Crippen molar-refractivity contribution in [2.75, 3.05) is 0 Å². The van der Waals surface area contributed by atoms with Crippen LogP contribution in [0.25, 0.3) is 0 Å². The molecule has 0 atom stereocenters. The molecule has 16 heavy (non-hydrogen) atoms. The highest BCUT2D eigenvalue weighted by molar-refractivity contribution is 7.13. The van der Waals surface area contributed by atoms with Gasteiger partial charge in [0.15, 0.2) is 0 Å². The van der Waals surface area contributed by atoms with E-state index in [0.29, 0.717) is 27.4 Å². The van der Waals surface area contributed by atoms with E-state index in [1.54, 1.807) is 13.0 Å². The number of nitrogens with zero attached hydrogens (tertiary/aromatic N) is 2. The van der Waals surface area contributed by atoms with E-state index in [1.165, 1.54) is 23.5 Å². The summed E-state index contributed by atoms with van der Waals surface area (Å²) in [6, 6.07) is 4.30. The summed E-state index contributed by atoms with van der Waals surface area (Å²) in [4.78, 5) is 0. The molecule has 0 N–H and O–H groups in total. The minimum absolute atomic E-state index is 0.288. The number of hydrogen-bond donors (Lipinski definition) is 0. The van der Waals surface area contributed by atoms with Crippen LogP contribution in [0.3, 0.4) is 0 Å². The summed E-state index contributed by atoms with van der Waals surface area (Å²) in [5.41, 5.74) is 0.711. The highest BCUT2D eigenvalue weighted by Gasteiger charge is 2.07. The van der Waals surface area contributed by atoms with Crippen LogP contribution in [0, 0.1) is 12.7 Å². The predicted molar refractivity (Wildman–Crippen MR) is 60.7 cm³/mol. The van der Waals surface area contributed by atoms with Gasteiger partial charge in [0.05, 0.1) is 5.88 Å². The molecule has 0 saturated heterocycles. The topological polar surface area (TPSA) is 35.0 Å². The van der Waals surface area contributed by atoms with E-state index in [0.717, 1.165) is 0 Å². The van der Waals surface area contributed by atoms with Crippen molar-refractivity contribution in [3.63, 3.8) is 0 Å². The summed E-state index contributed by atoms with van der Waals surface area (Å²) in [5, 5.41) is 8.73. The van der Waals surface area contributed by atoms with Crippen molar-refractivity contribution in [2.45, 2.75) is 12.8 Å². The lowest BCUT2D eigenvalue weighted by atomic mass is 10.2. The standard InChI is InChI=1S/C10H8ClFN2OS/c1-6-4-7(12)2-3-8(6)15-10-14-13-9(5-11)16-10/h2-4H,5H2,1H3. The Balaban J connectivity index is 2.20. The number of rotatable bonds is 3. The van der Waals surface area contributed by atoms with Gasteiger partial charge in [-0.25, -0.2) is 4.39 Å². The third kappa shape index (κ3) is 2.48. The molecule has 1 heterocycles. The van der Waals surface area contributed by atoms with E-state index in [4.69, 9.17) is 16.3 Å². The van der Waals surface area contributed by atoms with Crippen molar-refractivity contribution < 1.29 is 9.13 Å². The molecule has 2 rings (SSSR count). The largest absolute Gasteiger partial charge is 0.430 e. The molecular weight excluding hydrogens is 251 g/mol. The Labute approximate surface area is 101 Å². The van der Waals surface area contributed by atoms with E-state index in [9.17, 15) is 4.39 Å². The summed E-state index contributed by atoms with van der Waals surface area (Å²) in [7, 11) is 0. The monoisotopic (exact) mass is 258 g/mol. The molecule has 0 unspecified atom stereocenters. The minimum Gasteiger partial charge on any atom is -0.430 e. The molecule has 0 aliphatic rings. The van der Waals surface area contributed by atoms with E-state index in [2.05, 4.69) is 10.2 Å². The van der Waals surface area contributed by atoms with E-state index in [1.807, 2.05) is 0 Å². The Morgan fingerprint density at radius 1 is 1.44 bits per heavy atom. The fourth-order valence-electron chi connectivity index (χ4n) is 1.15. The maximum atomic E-state index is 12.8. The number of halogens is 2. The Kier molecular flexibility index (Phi) is 3.36. The van der Waals surface area contributed by atoms with E-state index >= 15 is 0 Å². The number of aromatic nitrogens is 2. The number of benzene rings is 1. The van der Waals surface area contributed by atoms with Crippen LogP contribution in [0.15, 0.2) is 18.2 Å². The first-order chi connectivity index (χ1) is 7.69. The van der Waals surface area contributed by atoms with Crippen molar-refractivity contribution in [3.8, 4) is 10.9 Å². The minimum atomic E-state index is -0.288. The van der Waals surface area contributed by atoms with Gasteiger partial charge < -0.3 is 4.74 Å². The van der Waals surface area contributed by atoms with Crippen LogP contribution in [-0.2, 0) is 5.88 Å². The van der Waals surface area contributed by atoms with E-state index < -0.39 is 0 Å². The van der Waals surface area contributed by atoms with E-state index in [-0.39, 0.29) is 5.82 Å². The summed E-state index contributed by atoms with van der Waals surface area (Å²) in [5.74, 6) is 0.589. The molecule has 3 nitrogen and oxygen atoms in total. The Bertz CT molecular complexity index is 503. The zero-order valence-electron chi connectivity index (χ0n) is 8.41. The lowest BCUT2D eigenvalue weighted by Crippen LogP contribution is -1.88. The fraction of sp³-hybridized carbons (Fsp3) is 0.200. The SMILES string of the molecule is Cc1cc(F)ccc1Oc1nnc(CCl)s1. The molecule has 0 radical (unpaired) electrons. The predicted octanol–water partition coefficient (Wildman–Crippen LogP) is 3.52. The van der Waals surface area contributed by atoms with Gasteiger partial charge in [0, 0.05) is 0 Å². The quantitative estimate of drug-likeness (QED) is 0.790. The zero-order valence-corrected chi connectivity index (χ0v) is 9.98. The first-order valence-corrected chi connectivity index (χ1v) is 5.86. The molecule has 1 aromatic carbocycles. The first-order valence-electron chi connectivity index (χ1n) is 4.51. The molecule has 2 aromatic rings. The second kappa shape index (κ2) is 4.76. The summed E-state index contributed by atoms with van der Waals surface area (Å²) in [6.45, 7) is 1.77. The second-order valence-corrected chi connectivity index (χ2v) is 4.40. The second-order valence-electron chi connectivity index (χ2n) is 3.11. The Hall–Kier alpha value is -1.20. The molecule has 0 spiro atoms. The van der Waals surface area contributed by atoms with Crippen LogP contribution in [0.1, 0.15) is 10.6 Å². The highest BCUT2D eigenvalue weighted by Crippen LogP contribution is 2.28. The van der Waals surface area contributed by atoms with Crippen molar-refractivity contribution in [1.29, 1.82) is 0 Å². The number of ether oxygens (including phenoxy) is 1. The summed E-state index contributed by atoms with van der Waals surface area (Å²) in [6.07, 6.45) is 0. The van der Waals surface area contributed by atoms with Gasteiger partial charge in [0.2, 0.25) is 0 Å². The van der Waals surface area contributed by atoms with Crippen LogP contribution in [-0.4, -0.2) is 10.2 Å². The maximum Gasteiger partial charge on any atom is 0.299 e. The van der Waals surface area contributed by atoms with Gasteiger partial charge in [-0.15, -0.1) is 16.7 Å². The summed E-state index contributed by atoms with van der Waals surface area (Å²) >= 11 is 6.87. The number of hydrogen-bond acceptors (Lipinski definition) is 4. The molecule has 0 fully saturated rings. The maximum absolute atomic E-state index is 12.8. The first kappa shape index (κ1) is 11.3. The average Bonchev–Trinajstić information content (AvgIpc) is 2.70. The number of alkyl halides is 1. The zero-order chi connectivity index (χ0) is 11.5. The normalized spacial score (nSPS) is 10.4. The fourth-order valence-corrected chi connectivity index (χ4v) is 1.92. The molecule has 0 saturated carbocycles. The van der Waals surface area contributed by atoms with Gasteiger partial charge in [-0.05, 0) is 30.7 Å². The lowest BCUT2D eigenvalue weighted by molar-refractivity contribution is 0.467. The Morgan fingerprint density at radius 3 is 2.88 bits per heavy atom. The van der Waals surface area contributed by atoms with Crippen LogP contribution in [0.2, 0.25) is 0 Å². The molecule has 6 heteroatoms. The van der Waals surface area contributed by atoms with Crippen molar-refractivity contribution in [3.05, 3.63) is 34.6 Å². The van der Waals surface area contributed by atoms with Gasteiger partial charge in [-0.3, -0.25) is 0 Å². The van der Waals surface area contributed by atoms with Crippen LogP contribution < -0.4 is 4.74 Å². The smallest absolute Gasteiger partial charge is 0.299 e. The molecule has 84 valence electrons. The molecule has 0 amide bonds. The molecule has 0 aliphatic heterocycles. The molecule has 1 aromatic heterocycles. The van der Waals surface area contributed by atoms with Crippen molar-refractivity contribution >= 4 is 22.9 Å². The number of aryl methyl sites for hydroxylation is 1. The molecule has 0 bridgehead atoms. The van der Waals surface area contributed by atoms with Gasteiger partial charge in [0.1, 0.15) is 16.6 Å². The molecular formula is C10H8ClFN2OS. The van der Waals surface area contributed by atoms with Gasteiger partial charge in [-0.1, -0.05) is 16.4 Å².